The molecule has 0 aliphatic carbocycles. The Balaban J connectivity index is 2.60. The molecular weight excluding hydrogens is 287 g/mol. The average Bonchev–Trinajstić information content (AvgIpc) is 2.29. The highest BCUT2D eigenvalue weighted by Crippen LogP contribution is 2.29. The molecule has 0 unspecified atom stereocenters. The first-order valence-electron chi connectivity index (χ1n) is 5.74. The van der Waals surface area contributed by atoms with Crippen LogP contribution in [0.15, 0.2) is 18.2 Å². The van der Waals surface area contributed by atoms with Crippen molar-refractivity contribution in [3.05, 3.63) is 28.2 Å². The zero-order valence-electron chi connectivity index (χ0n) is 11.0. The summed E-state index contributed by atoms with van der Waals surface area (Å²) in [5.41, 5.74) is -0.191. The minimum absolute atomic E-state index is 0.127. The summed E-state index contributed by atoms with van der Waals surface area (Å²) in [5.74, 6) is -0.583. The number of nitrogens with one attached hydrogen (secondary N) is 2. The Morgan fingerprint density at radius 2 is 1.68 bits per heavy atom. The average molecular weight is 303 g/mol. The lowest BCUT2D eigenvalue weighted by molar-refractivity contribution is -0.130. The van der Waals surface area contributed by atoms with Crippen molar-refractivity contribution in [3.8, 4) is 0 Å². The van der Waals surface area contributed by atoms with Gasteiger partial charge in [0.1, 0.15) is 0 Å². The number of para-hydroxylation sites is 1. The number of carbonyl (C=O) groups is 2. The molecule has 2 amide bonds. The first kappa shape index (κ1) is 15.8. The second kappa shape index (κ2) is 6.26. The summed E-state index contributed by atoms with van der Waals surface area (Å²) < 4.78 is 0. The molecule has 0 saturated carbocycles. The Bertz CT molecular complexity index is 476. The molecule has 6 heteroatoms. The Kier molecular flexibility index (Phi) is 5.20. The van der Waals surface area contributed by atoms with E-state index < -0.39 is 5.41 Å². The normalized spacial score (nSPS) is 11.0. The van der Waals surface area contributed by atoms with Crippen LogP contribution in [0.4, 0.5) is 5.69 Å². The Morgan fingerprint density at radius 3 is 2.16 bits per heavy atom. The summed E-state index contributed by atoms with van der Waals surface area (Å²) in [6.07, 6.45) is 0. The summed E-state index contributed by atoms with van der Waals surface area (Å²) in [7, 11) is 0. The van der Waals surface area contributed by atoms with Crippen LogP contribution in [0.3, 0.4) is 0 Å². The van der Waals surface area contributed by atoms with Gasteiger partial charge in [-0.1, -0.05) is 50.0 Å². The summed E-state index contributed by atoms with van der Waals surface area (Å²) in [6, 6.07) is 4.93. The van der Waals surface area contributed by atoms with Crippen molar-refractivity contribution in [1.29, 1.82) is 0 Å². The molecule has 0 radical (unpaired) electrons. The fourth-order valence-electron chi connectivity index (χ4n) is 1.23. The lowest BCUT2D eigenvalue weighted by atomic mass is 9.96. The maximum absolute atomic E-state index is 11.7. The fraction of sp³-hybridized carbons (Fsp3) is 0.385. The third kappa shape index (κ3) is 4.73. The first-order chi connectivity index (χ1) is 8.71. The topological polar surface area (TPSA) is 58.2 Å². The minimum Gasteiger partial charge on any atom is -0.347 e. The van der Waals surface area contributed by atoms with Gasteiger partial charge in [-0.2, -0.15) is 0 Å². The van der Waals surface area contributed by atoms with Gasteiger partial charge < -0.3 is 10.6 Å². The smallest absolute Gasteiger partial charge is 0.243 e. The lowest BCUT2D eigenvalue weighted by Crippen LogP contribution is -2.39. The molecule has 0 fully saturated rings. The predicted molar refractivity (Wildman–Crippen MR) is 77.6 cm³/mol. The van der Waals surface area contributed by atoms with Gasteiger partial charge in [0.2, 0.25) is 11.8 Å². The van der Waals surface area contributed by atoms with Crippen molar-refractivity contribution in [1.82, 2.24) is 5.32 Å². The van der Waals surface area contributed by atoms with Crippen LogP contribution >= 0.6 is 23.2 Å². The molecule has 0 aliphatic rings. The quantitative estimate of drug-likeness (QED) is 0.901. The molecule has 0 atom stereocenters. The van der Waals surface area contributed by atoms with E-state index in [0.717, 1.165) is 0 Å². The van der Waals surface area contributed by atoms with E-state index in [4.69, 9.17) is 23.2 Å². The standard InChI is InChI=1S/C13H16Cl2N2O2/c1-13(2,3)12(19)16-7-10(18)17-11-8(14)5-4-6-9(11)15/h4-6H,7H2,1-3H3,(H,16,19)(H,17,18). The fourth-order valence-corrected chi connectivity index (χ4v) is 1.72. The molecule has 19 heavy (non-hydrogen) atoms. The van der Waals surface area contributed by atoms with Gasteiger partial charge in [0, 0.05) is 5.41 Å². The van der Waals surface area contributed by atoms with Crippen molar-refractivity contribution < 1.29 is 9.59 Å². The molecule has 0 bridgehead atoms. The zero-order valence-corrected chi connectivity index (χ0v) is 12.5. The van der Waals surface area contributed by atoms with Gasteiger partial charge in [-0.3, -0.25) is 9.59 Å². The molecule has 2 N–H and O–H groups in total. The van der Waals surface area contributed by atoms with E-state index in [-0.39, 0.29) is 18.4 Å². The summed E-state index contributed by atoms with van der Waals surface area (Å²) >= 11 is 11.8. The van der Waals surface area contributed by atoms with Gasteiger partial charge >= 0.3 is 0 Å². The monoisotopic (exact) mass is 302 g/mol. The number of rotatable bonds is 3. The number of amides is 2. The molecule has 0 aromatic heterocycles. The SMILES string of the molecule is CC(C)(C)C(=O)NCC(=O)Nc1c(Cl)cccc1Cl. The van der Waals surface area contributed by atoms with Gasteiger partial charge in [-0.15, -0.1) is 0 Å². The Labute approximate surface area is 122 Å². The molecule has 4 nitrogen and oxygen atoms in total. The highest BCUT2D eigenvalue weighted by atomic mass is 35.5. The van der Waals surface area contributed by atoms with E-state index in [1.165, 1.54) is 0 Å². The summed E-state index contributed by atoms with van der Waals surface area (Å²) in [6.45, 7) is 5.18. The lowest BCUT2D eigenvalue weighted by Gasteiger charge is -2.17. The van der Waals surface area contributed by atoms with E-state index in [1.54, 1.807) is 39.0 Å². The molecule has 1 aromatic carbocycles. The van der Waals surface area contributed by atoms with Crippen molar-refractivity contribution in [2.75, 3.05) is 11.9 Å². The first-order valence-corrected chi connectivity index (χ1v) is 6.49. The van der Waals surface area contributed by atoms with Crippen molar-refractivity contribution in [2.45, 2.75) is 20.8 Å². The number of benzene rings is 1. The van der Waals surface area contributed by atoms with Crippen LogP contribution in [0.1, 0.15) is 20.8 Å². The molecule has 0 spiro atoms. The highest BCUT2D eigenvalue weighted by Gasteiger charge is 2.21. The predicted octanol–water partition coefficient (Wildman–Crippen LogP) is 3.09. The Morgan fingerprint density at radius 1 is 1.16 bits per heavy atom. The molecule has 0 saturated heterocycles. The van der Waals surface area contributed by atoms with E-state index >= 15 is 0 Å². The van der Waals surface area contributed by atoms with E-state index in [2.05, 4.69) is 10.6 Å². The second-order valence-corrected chi connectivity index (χ2v) is 5.89. The minimum atomic E-state index is -0.539. The molecular formula is C13H16Cl2N2O2. The molecule has 0 aliphatic heterocycles. The summed E-state index contributed by atoms with van der Waals surface area (Å²) in [5, 5.41) is 5.81. The van der Waals surface area contributed by atoms with Crippen LogP contribution in [0.2, 0.25) is 10.0 Å². The maximum atomic E-state index is 11.7. The third-order valence-corrected chi connectivity index (χ3v) is 2.95. The largest absolute Gasteiger partial charge is 0.347 e. The van der Waals surface area contributed by atoms with Crippen molar-refractivity contribution >= 4 is 40.7 Å². The Hall–Kier alpha value is -1.26. The van der Waals surface area contributed by atoms with Gasteiger partial charge in [-0.25, -0.2) is 0 Å². The second-order valence-electron chi connectivity index (χ2n) is 5.08. The van der Waals surface area contributed by atoms with Gasteiger partial charge in [-0.05, 0) is 12.1 Å². The van der Waals surface area contributed by atoms with Gasteiger partial charge in [0.05, 0.1) is 22.3 Å². The van der Waals surface area contributed by atoms with Crippen LogP contribution in [-0.2, 0) is 9.59 Å². The zero-order chi connectivity index (χ0) is 14.6. The van der Waals surface area contributed by atoms with Gasteiger partial charge in [0.15, 0.2) is 0 Å². The highest BCUT2D eigenvalue weighted by molar-refractivity contribution is 6.39. The van der Waals surface area contributed by atoms with Crippen LogP contribution < -0.4 is 10.6 Å². The number of halogens is 2. The third-order valence-electron chi connectivity index (χ3n) is 2.32. The molecule has 104 valence electrons. The van der Waals surface area contributed by atoms with E-state index in [1.807, 2.05) is 0 Å². The van der Waals surface area contributed by atoms with E-state index in [0.29, 0.717) is 15.7 Å². The van der Waals surface area contributed by atoms with Crippen LogP contribution in [-0.4, -0.2) is 18.4 Å². The summed E-state index contributed by atoms with van der Waals surface area (Å²) in [4.78, 5) is 23.3. The number of hydrogen-bond acceptors (Lipinski definition) is 2. The number of hydrogen-bond donors (Lipinski definition) is 2. The molecule has 0 heterocycles. The number of anilines is 1. The molecule has 1 aromatic rings. The van der Waals surface area contributed by atoms with Crippen molar-refractivity contribution in [3.63, 3.8) is 0 Å². The van der Waals surface area contributed by atoms with E-state index in [9.17, 15) is 9.59 Å². The van der Waals surface area contributed by atoms with Crippen LogP contribution in [0.25, 0.3) is 0 Å². The van der Waals surface area contributed by atoms with Crippen LogP contribution in [0, 0.1) is 5.41 Å². The van der Waals surface area contributed by atoms with Gasteiger partial charge in [0.25, 0.3) is 0 Å². The number of carbonyl (C=O) groups excluding carboxylic acids is 2. The molecule has 1 rings (SSSR count). The maximum Gasteiger partial charge on any atom is 0.243 e. The van der Waals surface area contributed by atoms with Crippen molar-refractivity contribution in [2.24, 2.45) is 5.41 Å². The van der Waals surface area contributed by atoms with Crippen LogP contribution in [0.5, 0.6) is 0 Å².